The molecule has 0 heterocycles. The van der Waals surface area contributed by atoms with Gasteiger partial charge in [0.1, 0.15) is 5.75 Å². The molecule has 1 amide bonds. The summed E-state index contributed by atoms with van der Waals surface area (Å²) in [6.45, 7) is 2.53. The van der Waals surface area contributed by atoms with E-state index in [2.05, 4.69) is 5.32 Å². The number of hydrogen-bond acceptors (Lipinski definition) is 3. The Balaban J connectivity index is 1.75. The molecule has 4 heteroatoms. The normalized spacial score (nSPS) is 11.7. The van der Waals surface area contributed by atoms with Gasteiger partial charge in [-0.25, -0.2) is 0 Å². The molecule has 1 unspecified atom stereocenters. The number of amides is 1. The van der Waals surface area contributed by atoms with Crippen LogP contribution in [0.4, 0.5) is 5.69 Å². The van der Waals surface area contributed by atoms with Crippen LogP contribution in [0.25, 0.3) is 0 Å². The third-order valence-electron chi connectivity index (χ3n) is 3.63. The smallest absolute Gasteiger partial charge is 0.227 e. The van der Waals surface area contributed by atoms with Gasteiger partial charge < -0.3 is 15.2 Å². The highest BCUT2D eigenvalue weighted by molar-refractivity contribution is 5.92. The maximum absolute atomic E-state index is 12.2. The lowest BCUT2D eigenvalue weighted by atomic mass is 10.1. The van der Waals surface area contributed by atoms with E-state index in [0.29, 0.717) is 19.4 Å². The van der Waals surface area contributed by atoms with Gasteiger partial charge in [-0.15, -0.1) is 0 Å². The predicted octanol–water partition coefficient (Wildman–Crippen LogP) is 3.27. The van der Waals surface area contributed by atoms with E-state index in [0.717, 1.165) is 17.0 Å². The van der Waals surface area contributed by atoms with E-state index in [-0.39, 0.29) is 18.4 Å². The molecule has 0 aliphatic heterocycles. The molecule has 1 atom stereocenters. The Labute approximate surface area is 137 Å². The van der Waals surface area contributed by atoms with Crippen LogP contribution in [0.2, 0.25) is 0 Å². The van der Waals surface area contributed by atoms with Gasteiger partial charge in [0.05, 0.1) is 6.61 Å². The first-order chi connectivity index (χ1) is 11.2. The highest BCUT2D eigenvalue weighted by Gasteiger charge is 2.13. The van der Waals surface area contributed by atoms with Crippen LogP contribution in [0.5, 0.6) is 5.75 Å². The molecule has 4 nitrogen and oxygen atoms in total. The quantitative estimate of drug-likeness (QED) is 0.786. The molecule has 0 aromatic heterocycles. The Morgan fingerprint density at radius 1 is 1.13 bits per heavy atom. The number of aliphatic hydroxyl groups is 1. The number of benzene rings is 2. The van der Waals surface area contributed by atoms with E-state index in [1.165, 1.54) is 0 Å². The molecule has 2 rings (SSSR count). The Morgan fingerprint density at radius 3 is 2.48 bits per heavy atom. The van der Waals surface area contributed by atoms with Gasteiger partial charge in [-0.1, -0.05) is 37.3 Å². The standard InChI is InChI=1S/C19H23NO3/c1-15(12-14-23-18-5-3-2-4-6-18)19(22)20-17-9-7-16(8-10-17)11-13-21/h2-10,15,21H,11-14H2,1H3,(H,20,22). The van der Waals surface area contributed by atoms with Gasteiger partial charge in [0, 0.05) is 18.2 Å². The van der Waals surface area contributed by atoms with Crippen LogP contribution in [-0.2, 0) is 11.2 Å². The Kier molecular flexibility index (Phi) is 6.63. The van der Waals surface area contributed by atoms with Gasteiger partial charge in [0.15, 0.2) is 0 Å². The second kappa shape index (κ2) is 8.96. The van der Waals surface area contributed by atoms with Crippen molar-refractivity contribution < 1.29 is 14.6 Å². The van der Waals surface area contributed by atoms with E-state index in [1.54, 1.807) is 0 Å². The minimum atomic E-state index is -0.129. The van der Waals surface area contributed by atoms with Crippen LogP contribution >= 0.6 is 0 Å². The van der Waals surface area contributed by atoms with Crippen molar-refractivity contribution in [3.05, 3.63) is 60.2 Å². The number of nitrogens with one attached hydrogen (secondary N) is 1. The molecule has 0 saturated carbocycles. The lowest BCUT2D eigenvalue weighted by Gasteiger charge is -2.13. The van der Waals surface area contributed by atoms with Crippen LogP contribution in [0, 0.1) is 5.92 Å². The van der Waals surface area contributed by atoms with Gasteiger partial charge >= 0.3 is 0 Å². The van der Waals surface area contributed by atoms with E-state index >= 15 is 0 Å². The second-order valence-electron chi connectivity index (χ2n) is 5.51. The van der Waals surface area contributed by atoms with Gasteiger partial charge in [-0.3, -0.25) is 4.79 Å². The van der Waals surface area contributed by atoms with E-state index in [4.69, 9.17) is 9.84 Å². The number of carbonyl (C=O) groups is 1. The fourth-order valence-corrected chi connectivity index (χ4v) is 2.15. The van der Waals surface area contributed by atoms with Gasteiger partial charge in [-0.2, -0.15) is 0 Å². The zero-order chi connectivity index (χ0) is 16.5. The zero-order valence-electron chi connectivity index (χ0n) is 13.4. The lowest BCUT2D eigenvalue weighted by molar-refractivity contribution is -0.119. The Morgan fingerprint density at radius 2 is 1.83 bits per heavy atom. The molecule has 2 N–H and O–H groups in total. The van der Waals surface area contributed by atoms with Crippen molar-refractivity contribution >= 4 is 11.6 Å². The fourth-order valence-electron chi connectivity index (χ4n) is 2.15. The number of para-hydroxylation sites is 1. The number of ether oxygens (including phenoxy) is 1. The van der Waals surface area contributed by atoms with Gasteiger partial charge in [-0.05, 0) is 42.7 Å². The molecule has 122 valence electrons. The van der Waals surface area contributed by atoms with Gasteiger partial charge in [0.2, 0.25) is 5.91 Å². The first-order valence-electron chi connectivity index (χ1n) is 7.87. The molecule has 23 heavy (non-hydrogen) atoms. The third kappa shape index (κ3) is 5.75. The summed E-state index contributed by atoms with van der Waals surface area (Å²) in [5, 5.41) is 11.8. The van der Waals surface area contributed by atoms with E-state index in [1.807, 2.05) is 61.5 Å². The molecular formula is C19H23NO3. The minimum Gasteiger partial charge on any atom is -0.494 e. The summed E-state index contributed by atoms with van der Waals surface area (Å²) in [6.07, 6.45) is 1.28. The largest absolute Gasteiger partial charge is 0.494 e. The maximum Gasteiger partial charge on any atom is 0.227 e. The molecule has 0 saturated heterocycles. The average molecular weight is 313 g/mol. The molecule has 0 bridgehead atoms. The number of rotatable bonds is 8. The van der Waals surface area contributed by atoms with Crippen molar-refractivity contribution in [2.75, 3.05) is 18.5 Å². The molecule has 2 aromatic rings. The highest BCUT2D eigenvalue weighted by Crippen LogP contribution is 2.14. The number of hydrogen-bond donors (Lipinski definition) is 2. The summed E-state index contributed by atoms with van der Waals surface area (Å²) in [4.78, 5) is 12.2. The van der Waals surface area contributed by atoms with Crippen molar-refractivity contribution in [2.24, 2.45) is 5.92 Å². The Bertz CT molecular complexity index is 596. The number of carbonyl (C=O) groups excluding carboxylic acids is 1. The van der Waals surface area contributed by atoms with Crippen LogP contribution in [0.3, 0.4) is 0 Å². The number of anilines is 1. The summed E-state index contributed by atoms with van der Waals surface area (Å²) < 4.78 is 5.62. The van der Waals surface area contributed by atoms with Crippen molar-refractivity contribution in [3.8, 4) is 5.75 Å². The lowest BCUT2D eigenvalue weighted by Crippen LogP contribution is -2.22. The molecule has 2 aromatic carbocycles. The average Bonchev–Trinajstić information content (AvgIpc) is 2.57. The second-order valence-corrected chi connectivity index (χ2v) is 5.51. The van der Waals surface area contributed by atoms with Crippen molar-refractivity contribution in [1.82, 2.24) is 0 Å². The van der Waals surface area contributed by atoms with Crippen molar-refractivity contribution in [2.45, 2.75) is 19.8 Å². The summed E-state index contributed by atoms with van der Waals surface area (Å²) in [7, 11) is 0. The minimum absolute atomic E-state index is 0.0171. The van der Waals surface area contributed by atoms with Gasteiger partial charge in [0.25, 0.3) is 0 Å². The van der Waals surface area contributed by atoms with Crippen LogP contribution in [-0.4, -0.2) is 24.2 Å². The predicted molar refractivity (Wildman–Crippen MR) is 91.6 cm³/mol. The zero-order valence-corrected chi connectivity index (χ0v) is 13.4. The first-order valence-corrected chi connectivity index (χ1v) is 7.87. The van der Waals surface area contributed by atoms with E-state index in [9.17, 15) is 4.79 Å². The van der Waals surface area contributed by atoms with E-state index < -0.39 is 0 Å². The van der Waals surface area contributed by atoms with Crippen molar-refractivity contribution in [1.29, 1.82) is 0 Å². The molecule has 0 spiro atoms. The fraction of sp³-hybridized carbons (Fsp3) is 0.316. The SMILES string of the molecule is CC(CCOc1ccccc1)C(=O)Nc1ccc(CCO)cc1. The van der Waals surface area contributed by atoms with Crippen LogP contribution in [0.15, 0.2) is 54.6 Å². The van der Waals surface area contributed by atoms with Crippen molar-refractivity contribution in [3.63, 3.8) is 0 Å². The first kappa shape index (κ1) is 17.0. The summed E-state index contributed by atoms with van der Waals surface area (Å²) in [5.41, 5.74) is 1.82. The third-order valence-corrected chi connectivity index (χ3v) is 3.63. The molecular weight excluding hydrogens is 290 g/mol. The molecule has 0 radical (unpaired) electrons. The molecule has 0 aliphatic carbocycles. The van der Waals surface area contributed by atoms with Crippen LogP contribution in [0.1, 0.15) is 18.9 Å². The molecule has 0 fully saturated rings. The number of aliphatic hydroxyl groups excluding tert-OH is 1. The Hall–Kier alpha value is -2.33. The summed E-state index contributed by atoms with van der Waals surface area (Å²) >= 11 is 0. The highest BCUT2D eigenvalue weighted by atomic mass is 16.5. The summed E-state index contributed by atoms with van der Waals surface area (Å²) in [6, 6.07) is 17.1. The topological polar surface area (TPSA) is 58.6 Å². The molecule has 0 aliphatic rings. The summed E-state index contributed by atoms with van der Waals surface area (Å²) in [5.74, 6) is 0.673. The van der Waals surface area contributed by atoms with Crippen LogP contribution < -0.4 is 10.1 Å². The monoisotopic (exact) mass is 313 g/mol. The maximum atomic E-state index is 12.2.